The molecule has 40 heavy (non-hydrogen) atoms. The Morgan fingerprint density at radius 2 is 1.82 bits per heavy atom. The van der Waals surface area contributed by atoms with Gasteiger partial charge in [-0.25, -0.2) is 9.97 Å². The Morgan fingerprint density at radius 3 is 2.52 bits per heavy atom. The number of piperidine rings is 1. The zero-order valence-electron chi connectivity index (χ0n) is 23.0. The number of hydrogen-bond donors (Lipinski definition) is 1. The van der Waals surface area contributed by atoms with E-state index in [2.05, 4.69) is 32.3 Å². The van der Waals surface area contributed by atoms with Crippen LogP contribution in [0.4, 0.5) is 0 Å². The summed E-state index contributed by atoms with van der Waals surface area (Å²) in [6, 6.07) is 8.92. The van der Waals surface area contributed by atoms with Gasteiger partial charge in [-0.05, 0) is 67.5 Å². The number of nitrogens with one attached hydrogen (secondary N) is 1. The molecule has 10 heteroatoms. The number of carbonyl (C=O) groups is 3. The largest absolute Gasteiger partial charge is 0.349 e. The summed E-state index contributed by atoms with van der Waals surface area (Å²) in [5.74, 6) is 0.132. The average molecular weight is 538 g/mol. The molecule has 4 aromatic rings. The molecule has 4 heterocycles. The Hall–Kier alpha value is -4.47. The second-order valence-corrected chi connectivity index (χ2v) is 11.2. The minimum absolute atomic E-state index is 0.0222. The number of benzene rings is 1. The van der Waals surface area contributed by atoms with Crippen LogP contribution < -0.4 is 5.32 Å². The summed E-state index contributed by atoms with van der Waals surface area (Å²) in [6.07, 6.45) is 6.69. The van der Waals surface area contributed by atoms with Crippen LogP contribution in [0.2, 0.25) is 0 Å². The SMILES string of the molecule is CC(=O)c1nn(CC(=O)N2[C@H](C(=O)NCc3ccccn3)C[C@@]3(C)C[C@@H]23)c2c(C)cc(-c3cnc(C)nc3)cc12. The maximum Gasteiger partial charge on any atom is 0.245 e. The number of Topliss-reactive ketones (excluding diaryl/α,β-unsaturated/α-hetero) is 1. The van der Waals surface area contributed by atoms with E-state index in [9.17, 15) is 14.4 Å². The zero-order chi connectivity index (χ0) is 28.2. The zero-order valence-corrected chi connectivity index (χ0v) is 23.0. The van der Waals surface area contributed by atoms with Crippen LogP contribution in [0.25, 0.3) is 22.0 Å². The third-order valence-corrected chi connectivity index (χ3v) is 8.16. The number of amides is 2. The van der Waals surface area contributed by atoms with Gasteiger partial charge in [0.25, 0.3) is 0 Å². The molecule has 1 saturated carbocycles. The maximum atomic E-state index is 13.8. The van der Waals surface area contributed by atoms with Crippen molar-refractivity contribution in [2.75, 3.05) is 0 Å². The molecule has 3 aromatic heterocycles. The van der Waals surface area contributed by atoms with Crippen molar-refractivity contribution in [1.82, 2.24) is 34.9 Å². The normalized spacial score (nSPS) is 21.4. The standard InChI is InChI=1S/C30H31N7O3/c1-17-9-20(21-13-32-19(3)33-14-21)10-23-27(18(2)38)35-36(28(17)23)16-26(39)37-24(11-30(4)12-25(30)37)29(40)34-15-22-7-5-6-8-31-22/h5-10,13-14,24-25H,11-12,15-16H2,1-4H3,(H,34,40)/t24-,25+,30-/m0/s1. The third kappa shape index (κ3) is 4.53. The third-order valence-electron chi connectivity index (χ3n) is 8.16. The molecule has 204 valence electrons. The predicted octanol–water partition coefficient (Wildman–Crippen LogP) is 3.40. The number of aromatic nitrogens is 5. The second kappa shape index (κ2) is 9.62. The number of fused-ring (bicyclic) bond motifs is 2. The van der Waals surface area contributed by atoms with Crippen LogP contribution in [0.15, 0.2) is 48.9 Å². The molecule has 3 atom stereocenters. The molecule has 0 spiro atoms. The van der Waals surface area contributed by atoms with E-state index in [1.165, 1.54) is 6.92 Å². The van der Waals surface area contributed by atoms with Gasteiger partial charge in [0.1, 0.15) is 24.1 Å². The van der Waals surface area contributed by atoms with E-state index >= 15 is 0 Å². The first-order valence-corrected chi connectivity index (χ1v) is 13.4. The number of nitrogens with zero attached hydrogens (tertiary/aromatic N) is 6. The van der Waals surface area contributed by atoms with Crippen LogP contribution >= 0.6 is 0 Å². The van der Waals surface area contributed by atoms with Gasteiger partial charge in [-0.1, -0.05) is 13.0 Å². The fraction of sp³-hybridized carbons (Fsp3) is 0.367. The summed E-state index contributed by atoms with van der Waals surface area (Å²) >= 11 is 0. The van der Waals surface area contributed by atoms with E-state index in [0.29, 0.717) is 29.9 Å². The minimum Gasteiger partial charge on any atom is -0.349 e. The topological polar surface area (TPSA) is 123 Å². The van der Waals surface area contributed by atoms with Crippen molar-refractivity contribution in [3.8, 4) is 11.1 Å². The van der Waals surface area contributed by atoms with Crippen LogP contribution in [0, 0.1) is 19.3 Å². The van der Waals surface area contributed by atoms with Crippen molar-refractivity contribution in [2.24, 2.45) is 5.41 Å². The first-order valence-electron chi connectivity index (χ1n) is 13.4. The van der Waals surface area contributed by atoms with Crippen molar-refractivity contribution < 1.29 is 14.4 Å². The molecule has 0 radical (unpaired) electrons. The highest BCUT2D eigenvalue weighted by Crippen LogP contribution is 2.59. The molecular weight excluding hydrogens is 506 g/mol. The van der Waals surface area contributed by atoms with Crippen LogP contribution in [0.5, 0.6) is 0 Å². The number of ketones is 1. The summed E-state index contributed by atoms with van der Waals surface area (Å²) in [6.45, 7) is 7.61. The molecule has 10 nitrogen and oxygen atoms in total. The predicted molar refractivity (Wildman–Crippen MR) is 148 cm³/mol. The Bertz CT molecular complexity index is 1650. The smallest absolute Gasteiger partial charge is 0.245 e. The Morgan fingerprint density at radius 1 is 1.05 bits per heavy atom. The van der Waals surface area contributed by atoms with Crippen LogP contribution in [-0.4, -0.2) is 59.3 Å². The van der Waals surface area contributed by atoms with Gasteiger partial charge in [-0.2, -0.15) is 5.10 Å². The van der Waals surface area contributed by atoms with Crippen LogP contribution in [0.1, 0.15) is 54.3 Å². The van der Waals surface area contributed by atoms with E-state index in [1.807, 2.05) is 44.2 Å². The number of pyridine rings is 1. The Kier molecular flexibility index (Phi) is 6.20. The second-order valence-electron chi connectivity index (χ2n) is 11.2. The van der Waals surface area contributed by atoms with E-state index in [-0.39, 0.29) is 35.6 Å². The van der Waals surface area contributed by atoms with Gasteiger partial charge in [0.15, 0.2) is 5.78 Å². The lowest BCUT2D eigenvalue weighted by Gasteiger charge is -2.27. The molecule has 1 aliphatic heterocycles. The van der Waals surface area contributed by atoms with Crippen molar-refractivity contribution in [2.45, 2.75) is 65.7 Å². The van der Waals surface area contributed by atoms with Crippen LogP contribution in [-0.2, 0) is 22.7 Å². The van der Waals surface area contributed by atoms with Crippen LogP contribution in [0.3, 0.4) is 0 Å². The highest BCUT2D eigenvalue weighted by molar-refractivity contribution is 6.07. The molecule has 1 saturated heterocycles. The fourth-order valence-corrected chi connectivity index (χ4v) is 5.98. The molecule has 2 fully saturated rings. The number of likely N-dealkylation sites (tertiary alicyclic amines) is 1. The molecular formula is C30H31N7O3. The quantitative estimate of drug-likeness (QED) is 0.359. The van der Waals surface area contributed by atoms with Gasteiger partial charge in [0.05, 0.1) is 17.8 Å². The molecule has 1 aliphatic carbocycles. The van der Waals surface area contributed by atoms with Gasteiger partial charge >= 0.3 is 0 Å². The van der Waals surface area contributed by atoms with Crippen molar-refractivity contribution in [1.29, 1.82) is 0 Å². The monoisotopic (exact) mass is 537 g/mol. The number of carbonyl (C=O) groups excluding carboxylic acids is 3. The molecule has 2 aliphatic rings. The number of hydrogen-bond acceptors (Lipinski definition) is 7. The van der Waals surface area contributed by atoms with Crippen molar-refractivity contribution >= 4 is 28.5 Å². The molecule has 0 bridgehead atoms. The lowest BCUT2D eigenvalue weighted by Crippen LogP contribution is -2.48. The number of rotatable bonds is 7. The van der Waals surface area contributed by atoms with Gasteiger partial charge in [-0.15, -0.1) is 0 Å². The highest BCUT2D eigenvalue weighted by Gasteiger charge is 2.64. The lowest BCUT2D eigenvalue weighted by atomic mass is 10.0. The summed E-state index contributed by atoms with van der Waals surface area (Å²) in [5, 5.41) is 8.23. The van der Waals surface area contributed by atoms with E-state index in [0.717, 1.165) is 34.3 Å². The average Bonchev–Trinajstić information content (AvgIpc) is 3.29. The Labute approximate surface area is 231 Å². The van der Waals surface area contributed by atoms with Crippen molar-refractivity contribution in [3.05, 3.63) is 71.7 Å². The van der Waals surface area contributed by atoms with Gasteiger partial charge in [-0.3, -0.25) is 24.0 Å². The molecule has 1 aromatic carbocycles. The lowest BCUT2D eigenvalue weighted by molar-refractivity contribution is -0.140. The molecule has 1 N–H and O–H groups in total. The molecule has 6 rings (SSSR count). The molecule has 2 amide bonds. The summed E-state index contributed by atoms with van der Waals surface area (Å²) in [4.78, 5) is 54.2. The summed E-state index contributed by atoms with van der Waals surface area (Å²) < 4.78 is 1.61. The number of aryl methyl sites for hydroxylation is 2. The van der Waals surface area contributed by atoms with Crippen molar-refractivity contribution in [3.63, 3.8) is 0 Å². The summed E-state index contributed by atoms with van der Waals surface area (Å²) in [7, 11) is 0. The minimum atomic E-state index is -0.552. The van der Waals surface area contributed by atoms with Gasteiger partial charge in [0, 0.05) is 42.5 Å². The Balaban J connectivity index is 1.29. The van der Waals surface area contributed by atoms with E-state index < -0.39 is 6.04 Å². The maximum absolute atomic E-state index is 13.8. The fourth-order valence-electron chi connectivity index (χ4n) is 5.98. The first kappa shape index (κ1) is 25.8. The van der Waals surface area contributed by atoms with Gasteiger partial charge < -0.3 is 10.2 Å². The van der Waals surface area contributed by atoms with E-state index in [1.54, 1.807) is 28.2 Å². The first-order chi connectivity index (χ1) is 19.1. The van der Waals surface area contributed by atoms with E-state index in [4.69, 9.17) is 0 Å². The van der Waals surface area contributed by atoms with Gasteiger partial charge in [0.2, 0.25) is 11.8 Å². The molecule has 0 unspecified atom stereocenters. The summed E-state index contributed by atoms with van der Waals surface area (Å²) in [5.41, 5.74) is 4.32. The highest BCUT2D eigenvalue weighted by atomic mass is 16.2.